The van der Waals surface area contributed by atoms with Crippen molar-refractivity contribution in [3.8, 4) is 17.2 Å². The average molecular weight is 398 g/mol. The van der Waals surface area contributed by atoms with Crippen molar-refractivity contribution < 1.29 is 19.0 Å². The van der Waals surface area contributed by atoms with Gasteiger partial charge in [0.05, 0.1) is 13.2 Å². The normalized spacial score (nSPS) is 15.0. The van der Waals surface area contributed by atoms with Gasteiger partial charge in [0, 0.05) is 0 Å². The van der Waals surface area contributed by atoms with Crippen LogP contribution in [0.25, 0.3) is 0 Å². The molecular weight excluding hydrogens is 366 g/mol. The molecule has 1 amide bonds. The topological polar surface area (TPSA) is 56.8 Å². The molecule has 5 nitrogen and oxygen atoms in total. The largest absolute Gasteiger partial charge is 0.497 e. The number of methoxy groups -OCH3 is 1. The molecule has 1 aliphatic rings. The highest BCUT2D eigenvalue weighted by Gasteiger charge is 2.21. The molecule has 0 radical (unpaired) electrons. The summed E-state index contributed by atoms with van der Waals surface area (Å²) < 4.78 is 16.9. The smallest absolute Gasteiger partial charge is 0.261 e. The first kappa shape index (κ1) is 21.0. The number of carbonyl (C=O) groups is 1. The van der Waals surface area contributed by atoms with Gasteiger partial charge in [-0.05, 0) is 86.6 Å². The minimum Gasteiger partial charge on any atom is -0.497 e. The van der Waals surface area contributed by atoms with E-state index in [2.05, 4.69) is 17.4 Å². The Morgan fingerprint density at radius 1 is 1.00 bits per heavy atom. The second kappa shape index (κ2) is 10.2. The summed E-state index contributed by atoms with van der Waals surface area (Å²) in [5.41, 5.74) is 2.76. The molecule has 2 aromatic carbocycles. The molecule has 1 N–H and O–H groups in total. The quantitative estimate of drug-likeness (QED) is 0.685. The van der Waals surface area contributed by atoms with E-state index in [0.717, 1.165) is 30.1 Å². The zero-order valence-electron chi connectivity index (χ0n) is 17.6. The Balaban J connectivity index is 1.50. The van der Waals surface area contributed by atoms with Crippen molar-refractivity contribution in [2.45, 2.75) is 58.1 Å². The molecule has 2 aromatic rings. The summed E-state index contributed by atoms with van der Waals surface area (Å²) in [6.45, 7) is 4.27. The molecule has 0 saturated heterocycles. The van der Waals surface area contributed by atoms with Gasteiger partial charge in [-0.1, -0.05) is 13.0 Å². The molecule has 0 heterocycles. The average Bonchev–Trinajstić information content (AvgIpc) is 2.76. The summed E-state index contributed by atoms with van der Waals surface area (Å²) in [4.78, 5) is 12.7. The highest BCUT2D eigenvalue weighted by molar-refractivity contribution is 5.81. The SMILES string of the molecule is CC[C@H](Oc1ccc2c(c1)CCCC2)C(=O)N[C@@H](C)COc1ccc(OC)cc1. The summed E-state index contributed by atoms with van der Waals surface area (Å²) in [5, 5.41) is 2.99. The first-order valence-electron chi connectivity index (χ1n) is 10.4. The van der Waals surface area contributed by atoms with Crippen LogP contribution in [0.3, 0.4) is 0 Å². The lowest BCUT2D eigenvalue weighted by molar-refractivity contribution is -0.128. The van der Waals surface area contributed by atoms with Gasteiger partial charge >= 0.3 is 0 Å². The summed E-state index contributed by atoms with van der Waals surface area (Å²) in [6, 6.07) is 13.5. The van der Waals surface area contributed by atoms with Gasteiger partial charge in [-0.15, -0.1) is 0 Å². The van der Waals surface area contributed by atoms with Gasteiger partial charge in [-0.25, -0.2) is 0 Å². The second-order valence-electron chi connectivity index (χ2n) is 7.55. The lowest BCUT2D eigenvalue weighted by atomic mass is 9.92. The van der Waals surface area contributed by atoms with E-state index in [-0.39, 0.29) is 11.9 Å². The molecular formula is C24H31NO4. The number of nitrogens with one attached hydrogen (secondary N) is 1. The number of fused-ring (bicyclic) bond motifs is 1. The van der Waals surface area contributed by atoms with Gasteiger partial charge in [-0.3, -0.25) is 4.79 Å². The molecule has 0 unspecified atom stereocenters. The minimum absolute atomic E-state index is 0.115. The molecule has 2 atom stereocenters. The fourth-order valence-corrected chi connectivity index (χ4v) is 3.54. The van der Waals surface area contributed by atoms with Crippen LogP contribution in [0.1, 0.15) is 44.2 Å². The molecule has 29 heavy (non-hydrogen) atoms. The maximum Gasteiger partial charge on any atom is 0.261 e. The lowest BCUT2D eigenvalue weighted by Crippen LogP contribution is -2.44. The van der Waals surface area contributed by atoms with Crippen molar-refractivity contribution in [2.24, 2.45) is 0 Å². The summed E-state index contributed by atoms with van der Waals surface area (Å²) in [5.74, 6) is 2.18. The van der Waals surface area contributed by atoms with Gasteiger partial charge < -0.3 is 19.5 Å². The zero-order chi connectivity index (χ0) is 20.6. The van der Waals surface area contributed by atoms with Crippen LogP contribution in [-0.2, 0) is 17.6 Å². The van der Waals surface area contributed by atoms with Crippen LogP contribution in [0.5, 0.6) is 17.2 Å². The van der Waals surface area contributed by atoms with Gasteiger partial charge in [0.15, 0.2) is 6.10 Å². The first-order valence-corrected chi connectivity index (χ1v) is 10.4. The Bertz CT molecular complexity index is 803. The maximum absolute atomic E-state index is 12.7. The predicted octanol–water partition coefficient (Wildman–Crippen LogP) is 4.32. The highest BCUT2D eigenvalue weighted by atomic mass is 16.5. The van der Waals surface area contributed by atoms with E-state index in [4.69, 9.17) is 14.2 Å². The van der Waals surface area contributed by atoms with Crippen LogP contribution in [0.15, 0.2) is 42.5 Å². The predicted molar refractivity (Wildman–Crippen MR) is 114 cm³/mol. The van der Waals surface area contributed by atoms with E-state index in [9.17, 15) is 4.79 Å². The standard InChI is InChI=1S/C24H31NO4/c1-4-23(29-22-10-9-18-7-5-6-8-19(18)15-22)24(26)25-17(2)16-28-21-13-11-20(27-3)12-14-21/h9-15,17,23H,4-8,16H2,1-3H3,(H,25,26)/t17-,23-/m0/s1. The monoisotopic (exact) mass is 397 g/mol. The van der Waals surface area contributed by atoms with Crippen molar-refractivity contribution in [1.82, 2.24) is 5.32 Å². The number of rotatable bonds is 9. The Kier molecular flexibility index (Phi) is 7.39. The number of amides is 1. The number of aryl methyl sites for hydroxylation is 2. The van der Waals surface area contributed by atoms with E-state index < -0.39 is 6.10 Å². The van der Waals surface area contributed by atoms with Gasteiger partial charge in [0.2, 0.25) is 0 Å². The number of carbonyl (C=O) groups excluding carboxylic acids is 1. The molecule has 156 valence electrons. The van der Waals surface area contributed by atoms with Gasteiger partial charge in [0.25, 0.3) is 5.91 Å². The molecule has 1 aliphatic carbocycles. The summed E-state index contributed by atoms with van der Waals surface area (Å²) >= 11 is 0. The Hall–Kier alpha value is -2.69. The van der Waals surface area contributed by atoms with E-state index in [0.29, 0.717) is 13.0 Å². The second-order valence-corrected chi connectivity index (χ2v) is 7.55. The van der Waals surface area contributed by atoms with Crippen molar-refractivity contribution in [3.05, 3.63) is 53.6 Å². The van der Waals surface area contributed by atoms with E-state index >= 15 is 0 Å². The summed E-state index contributed by atoms with van der Waals surface area (Å²) in [6.07, 6.45) is 4.80. The molecule has 0 fully saturated rings. The van der Waals surface area contributed by atoms with Crippen molar-refractivity contribution in [3.63, 3.8) is 0 Å². The van der Waals surface area contributed by atoms with Crippen LogP contribution < -0.4 is 19.5 Å². The van der Waals surface area contributed by atoms with E-state index in [1.165, 1.54) is 24.0 Å². The number of ether oxygens (including phenoxy) is 3. The molecule has 3 rings (SSSR count). The molecule has 0 aromatic heterocycles. The third-order valence-corrected chi connectivity index (χ3v) is 5.21. The Morgan fingerprint density at radius 2 is 1.66 bits per heavy atom. The van der Waals surface area contributed by atoms with Crippen LogP contribution in [0.4, 0.5) is 0 Å². The molecule has 5 heteroatoms. The third kappa shape index (κ3) is 5.89. The molecule has 0 aliphatic heterocycles. The Morgan fingerprint density at radius 3 is 2.34 bits per heavy atom. The Labute approximate surface area is 173 Å². The van der Waals surface area contributed by atoms with E-state index in [1.54, 1.807) is 7.11 Å². The van der Waals surface area contributed by atoms with Gasteiger partial charge in [0.1, 0.15) is 23.9 Å². The number of benzene rings is 2. The molecule has 0 saturated carbocycles. The first-order chi connectivity index (χ1) is 14.1. The van der Waals surface area contributed by atoms with Crippen molar-refractivity contribution >= 4 is 5.91 Å². The van der Waals surface area contributed by atoms with Gasteiger partial charge in [-0.2, -0.15) is 0 Å². The molecule has 0 spiro atoms. The summed E-state index contributed by atoms with van der Waals surface area (Å²) in [7, 11) is 1.63. The van der Waals surface area contributed by atoms with Crippen LogP contribution in [-0.4, -0.2) is 31.8 Å². The lowest BCUT2D eigenvalue weighted by Gasteiger charge is -2.22. The maximum atomic E-state index is 12.7. The third-order valence-electron chi connectivity index (χ3n) is 5.21. The fraction of sp³-hybridized carbons (Fsp3) is 0.458. The number of hydrogen-bond acceptors (Lipinski definition) is 4. The fourth-order valence-electron chi connectivity index (χ4n) is 3.54. The molecule has 0 bridgehead atoms. The minimum atomic E-state index is -0.514. The van der Waals surface area contributed by atoms with Crippen LogP contribution >= 0.6 is 0 Å². The van der Waals surface area contributed by atoms with Crippen molar-refractivity contribution in [2.75, 3.05) is 13.7 Å². The van der Waals surface area contributed by atoms with Crippen molar-refractivity contribution in [1.29, 1.82) is 0 Å². The zero-order valence-corrected chi connectivity index (χ0v) is 17.6. The number of hydrogen-bond donors (Lipinski definition) is 1. The van der Waals surface area contributed by atoms with Crippen LogP contribution in [0.2, 0.25) is 0 Å². The van der Waals surface area contributed by atoms with E-state index in [1.807, 2.05) is 44.2 Å². The highest BCUT2D eigenvalue weighted by Crippen LogP contribution is 2.26. The van der Waals surface area contributed by atoms with Crippen LogP contribution in [0, 0.1) is 0 Å².